The summed E-state index contributed by atoms with van der Waals surface area (Å²) in [5.74, 6) is 0.979. The van der Waals surface area contributed by atoms with E-state index in [1.165, 1.54) is 0 Å². The smallest absolute Gasteiger partial charge is 0.231 e. The van der Waals surface area contributed by atoms with Crippen molar-refractivity contribution in [2.24, 2.45) is 5.73 Å². The maximum Gasteiger partial charge on any atom is 0.231 e. The van der Waals surface area contributed by atoms with E-state index in [1.807, 2.05) is 0 Å². The molecule has 1 aromatic rings. The van der Waals surface area contributed by atoms with Gasteiger partial charge in [-0.3, -0.25) is 0 Å². The van der Waals surface area contributed by atoms with Crippen LogP contribution in [-0.4, -0.2) is 18.4 Å². The number of hydrogen-bond acceptors (Lipinski definition) is 4. The third-order valence-electron chi connectivity index (χ3n) is 2.08. The van der Waals surface area contributed by atoms with Gasteiger partial charge in [-0.15, -0.1) is 0 Å². The number of hydrogen-bond donors (Lipinski definition) is 2. The van der Waals surface area contributed by atoms with Crippen LogP contribution in [-0.2, 0) is 0 Å². The van der Waals surface area contributed by atoms with Gasteiger partial charge in [-0.2, -0.15) is 0 Å². The van der Waals surface area contributed by atoms with E-state index in [9.17, 15) is 5.11 Å². The lowest BCUT2D eigenvalue weighted by Gasteiger charge is -2.11. The topological polar surface area (TPSA) is 64.7 Å². The first-order chi connectivity index (χ1) is 6.74. The second-order valence-corrected chi connectivity index (χ2v) is 3.36. The molecule has 1 atom stereocenters. The Hall–Kier alpha value is -0.970. The highest BCUT2D eigenvalue weighted by Crippen LogP contribution is 2.43. The molecule has 0 amide bonds. The maximum atomic E-state index is 9.58. The summed E-state index contributed by atoms with van der Waals surface area (Å²) in [6.07, 6.45) is -0.747. The fourth-order valence-corrected chi connectivity index (χ4v) is 1.58. The Kier molecular flexibility index (Phi) is 2.50. The molecule has 0 saturated carbocycles. The van der Waals surface area contributed by atoms with E-state index < -0.39 is 6.10 Å². The summed E-state index contributed by atoms with van der Waals surface area (Å²) < 4.78 is 10.4. The Labute approximate surface area is 86.2 Å². The highest BCUT2D eigenvalue weighted by Gasteiger charge is 2.23. The molecular formula is C9H10ClNO3. The van der Waals surface area contributed by atoms with E-state index in [0.29, 0.717) is 22.1 Å². The van der Waals surface area contributed by atoms with Gasteiger partial charge < -0.3 is 20.3 Å². The molecule has 3 N–H and O–H groups in total. The number of rotatable bonds is 2. The van der Waals surface area contributed by atoms with Crippen LogP contribution in [0.4, 0.5) is 0 Å². The third-order valence-corrected chi connectivity index (χ3v) is 2.38. The van der Waals surface area contributed by atoms with Gasteiger partial charge in [-0.25, -0.2) is 0 Å². The van der Waals surface area contributed by atoms with E-state index in [1.54, 1.807) is 12.1 Å². The van der Waals surface area contributed by atoms with E-state index in [2.05, 4.69) is 0 Å². The predicted molar refractivity (Wildman–Crippen MR) is 51.6 cm³/mol. The Morgan fingerprint density at radius 1 is 1.43 bits per heavy atom. The standard InChI is InChI=1S/C9H10ClNO3/c10-6-2-1-5(7(12)3-11)8-9(6)14-4-13-8/h1-2,7,12H,3-4,11H2. The zero-order valence-corrected chi connectivity index (χ0v) is 8.12. The molecular weight excluding hydrogens is 206 g/mol. The minimum Gasteiger partial charge on any atom is -0.453 e. The van der Waals surface area contributed by atoms with Crippen LogP contribution in [0.2, 0.25) is 5.02 Å². The Morgan fingerprint density at radius 3 is 2.86 bits per heavy atom. The molecule has 4 nitrogen and oxygen atoms in total. The minimum absolute atomic E-state index is 0.128. The Bertz CT molecular complexity index is 356. The van der Waals surface area contributed by atoms with Crippen molar-refractivity contribution < 1.29 is 14.6 Å². The first kappa shape index (κ1) is 9.58. The van der Waals surface area contributed by atoms with Crippen LogP contribution < -0.4 is 15.2 Å². The molecule has 76 valence electrons. The Morgan fingerprint density at radius 2 is 2.14 bits per heavy atom. The summed E-state index contributed by atoms with van der Waals surface area (Å²) in [6, 6.07) is 3.34. The molecule has 0 aliphatic carbocycles. The summed E-state index contributed by atoms with van der Waals surface area (Å²) in [5, 5.41) is 10.1. The number of aliphatic hydroxyl groups excluding tert-OH is 1. The average molecular weight is 216 g/mol. The summed E-state index contributed by atoms with van der Waals surface area (Å²) in [6.45, 7) is 0.265. The largest absolute Gasteiger partial charge is 0.453 e. The van der Waals surface area contributed by atoms with Crippen LogP contribution in [0.3, 0.4) is 0 Å². The molecule has 1 aliphatic heterocycles. The summed E-state index contributed by atoms with van der Waals surface area (Å²) >= 11 is 5.87. The number of aliphatic hydroxyl groups is 1. The van der Waals surface area contributed by atoms with Crippen molar-refractivity contribution in [3.8, 4) is 11.5 Å². The lowest BCUT2D eigenvalue weighted by atomic mass is 10.1. The molecule has 2 rings (SSSR count). The monoisotopic (exact) mass is 215 g/mol. The number of ether oxygens (including phenoxy) is 2. The van der Waals surface area contributed by atoms with Crippen LogP contribution in [0.15, 0.2) is 12.1 Å². The summed E-state index contributed by atoms with van der Waals surface area (Å²) in [5.41, 5.74) is 5.97. The predicted octanol–water partition coefficient (Wildman–Crippen LogP) is 1.06. The average Bonchev–Trinajstić information content (AvgIpc) is 2.67. The van der Waals surface area contributed by atoms with Gasteiger partial charge in [0.1, 0.15) is 0 Å². The van der Waals surface area contributed by atoms with Gasteiger partial charge in [0, 0.05) is 12.1 Å². The Balaban J connectivity index is 2.48. The SMILES string of the molecule is NCC(O)c1ccc(Cl)c2c1OCO2. The molecule has 0 radical (unpaired) electrons. The lowest BCUT2D eigenvalue weighted by molar-refractivity contribution is 0.161. The van der Waals surface area contributed by atoms with Crippen LogP contribution in [0, 0.1) is 0 Å². The molecule has 0 aromatic heterocycles. The molecule has 1 unspecified atom stereocenters. The summed E-state index contributed by atoms with van der Waals surface area (Å²) in [4.78, 5) is 0. The minimum atomic E-state index is -0.747. The van der Waals surface area contributed by atoms with Crippen molar-refractivity contribution >= 4 is 11.6 Å². The van der Waals surface area contributed by atoms with Crippen LogP contribution >= 0.6 is 11.6 Å². The summed E-state index contributed by atoms with van der Waals surface area (Å²) in [7, 11) is 0. The van der Waals surface area contributed by atoms with Crippen LogP contribution in [0.25, 0.3) is 0 Å². The molecule has 14 heavy (non-hydrogen) atoms. The van der Waals surface area contributed by atoms with E-state index in [4.69, 9.17) is 26.8 Å². The van der Waals surface area contributed by atoms with E-state index in [0.717, 1.165) is 0 Å². The lowest BCUT2D eigenvalue weighted by Crippen LogP contribution is -2.12. The first-order valence-electron chi connectivity index (χ1n) is 4.20. The van der Waals surface area contributed by atoms with Crippen molar-refractivity contribution in [3.05, 3.63) is 22.7 Å². The first-order valence-corrected chi connectivity index (χ1v) is 4.58. The van der Waals surface area contributed by atoms with Gasteiger partial charge in [-0.05, 0) is 6.07 Å². The van der Waals surface area contributed by atoms with Crippen molar-refractivity contribution in [2.75, 3.05) is 13.3 Å². The third kappa shape index (κ3) is 1.41. The van der Waals surface area contributed by atoms with Crippen LogP contribution in [0.5, 0.6) is 11.5 Å². The normalized spacial score (nSPS) is 15.6. The number of benzene rings is 1. The van der Waals surface area contributed by atoms with Gasteiger partial charge in [-0.1, -0.05) is 17.7 Å². The quantitative estimate of drug-likeness (QED) is 0.775. The fourth-order valence-electron chi connectivity index (χ4n) is 1.37. The molecule has 1 aromatic carbocycles. The molecule has 1 heterocycles. The van der Waals surface area contributed by atoms with E-state index >= 15 is 0 Å². The fraction of sp³-hybridized carbons (Fsp3) is 0.333. The second-order valence-electron chi connectivity index (χ2n) is 2.95. The van der Waals surface area contributed by atoms with Gasteiger partial charge in [0.15, 0.2) is 11.5 Å². The number of nitrogens with two attached hydrogens (primary N) is 1. The molecule has 0 bridgehead atoms. The van der Waals surface area contributed by atoms with Gasteiger partial charge >= 0.3 is 0 Å². The second kappa shape index (κ2) is 3.65. The number of halogens is 1. The van der Waals surface area contributed by atoms with Gasteiger partial charge in [0.2, 0.25) is 6.79 Å². The molecule has 0 saturated heterocycles. The van der Waals surface area contributed by atoms with E-state index in [-0.39, 0.29) is 13.3 Å². The van der Waals surface area contributed by atoms with Crippen molar-refractivity contribution in [3.63, 3.8) is 0 Å². The highest BCUT2D eigenvalue weighted by molar-refractivity contribution is 6.32. The van der Waals surface area contributed by atoms with Crippen LogP contribution in [0.1, 0.15) is 11.7 Å². The molecule has 5 heteroatoms. The molecule has 0 fully saturated rings. The van der Waals surface area contributed by atoms with Crippen molar-refractivity contribution in [1.82, 2.24) is 0 Å². The maximum absolute atomic E-state index is 9.58. The van der Waals surface area contributed by atoms with Gasteiger partial charge in [0.05, 0.1) is 11.1 Å². The molecule has 0 spiro atoms. The van der Waals surface area contributed by atoms with Gasteiger partial charge in [0.25, 0.3) is 0 Å². The zero-order chi connectivity index (χ0) is 10.1. The van der Waals surface area contributed by atoms with Crippen molar-refractivity contribution in [2.45, 2.75) is 6.10 Å². The zero-order valence-electron chi connectivity index (χ0n) is 7.37. The number of fused-ring (bicyclic) bond motifs is 1. The molecule has 1 aliphatic rings. The highest BCUT2D eigenvalue weighted by atomic mass is 35.5. The van der Waals surface area contributed by atoms with Crippen molar-refractivity contribution in [1.29, 1.82) is 0 Å².